The zero-order valence-electron chi connectivity index (χ0n) is 12.1. The Morgan fingerprint density at radius 1 is 1.33 bits per heavy atom. The van der Waals surface area contributed by atoms with Gasteiger partial charge in [0.1, 0.15) is 6.54 Å². The third kappa shape index (κ3) is 4.40. The molecule has 114 valence electrons. The van der Waals surface area contributed by atoms with Crippen molar-refractivity contribution in [2.24, 2.45) is 0 Å². The van der Waals surface area contributed by atoms with Crippen molar-refractivity contribution in [1.29, 1.82) is 0 Å². The van der Waals surface area contributed by atoms with Crippen LogP contribution in [0.5, 0.6) is 0 Å². The first kappa shape index (κ1) is 15.2. The monoisotopic (exact) mass is 292 g/mol. The second-order valence-corrected chi connectivity index (χ2v) is 5.27. The first-order valence-corrected chi connectivity index (χ1v) is 7.10. The molecule has 2 amide bonds. The summed E-state index contributed by atoms with van der Waals surface area (Å²) in [5.74, 6) is -0.993. The van der Waals surface area contributed by atoms with Crippen molar-refractivity contribution < 1.29 is 14.7 Å². The molecule has 1 fully saturated rings. The molecule has 1 aromatic heterocycles. The van der Waals surface area contributed by atoms with E-state index < -0.39 is 5.97 Å². The van der Waals surface area contributed by atoms with Crippen LogP contribution in [-0.4, -0.2) is 44.6 Å². The number of carbonyl (C=O) groups is 2. The van der Waals surface area contributed by atoms with Crippen molar-refractivity contribution in [2.75, 3.05) is 6.54 Å². The molecular formula is C14H20N4O3. The van der Waals surface area contributed by atoms with Gasteiger partial charge in [-0.05, 0) is 19.8 Å². The summed E-state index contributed by atoms with van der Waals surface area (Å²) in [6.45, 7) is 1.81. The van der Waals surface area contributed by atoms with Crippen molar-refractivity contribution >= 4 is 12.0 Å². The summed E-state index contributed by atoms with van der Waals surface area (Å²) in [5, 5.41) is 11.7. The number of hydrogen-bond donors (Lipinski definition) is 2. The first-order valence-electron chi connectivity index (χ1n) is 7.10. The van der Waals surface area contributed by atoms with E-state index in [4.69, 9.17) is 5.11 Å². The largest absolute Gasteiger partial charge is 0.480 e. The summed E-state index contributed by atoms with van der Waals surface area (Å²) in [5.41, 5.74) is 1.46. The Labute approximate surface area is 123 Å². The van der Waals surface area contributed by atoms with E-state index in [2.05, 4.69) is 15.3 Å². The molecule has 1 heterocycles. The lowest BCUT2D eigenvalue weighted by atomic mass is 10.2. The SMILES string of the molecule is Cc1cnc(CNC(=O)N(CC(=O)O)C2CCCC2)cn1. The van der Waals surface area contributed by atoms with Crippen LogP contribution in [0.1, 0.15) is 37.1 Å². The van der Waals surface area contributed by atoms with E-state index in [-0.39, 0.29) is 25.2 Å². The molecule has 0 saturated heterocycles. The van der Waals surface area contributed by atoms with Crippen molar-refractivity contribution in [3.63, 3.8) is 0 Å². The fourth-order valence-electron chi connectivity index (χ4n) is 2.51. The van der Waals surface area contributed by atoms with Crippen molar-refractivity contribution in [1.82, 2.24) is 20.2 Å². The maximum Gasteiger partial charge on any atom is 0.323 e. The van der Waals surface area contributed by atoms with E-state index in [1.54, 1.807) is 12.4 Å². The van der Waals surface area contributed by atoms with E-state index in [0.29, 0.717) is 5.69 Å². The Balaban J connectivity index is 1.94. The number of aryl methyl sites for hydroxylation is 1. The highest BCUT2D eigenvalue weighted by atomic mass is 16.4. The fourth-order valence-corrected chi connectivity index (χ4v) is 2.51. The van der Waals surface area contributed by atoms with Gasteiger partial charge in [-0.2, -0.15) is 0 Å². The lowest BCUT2D eigenvalue weighted by Gasteiger charge is -2.27. The van der Waals surface area contributed by atoms with E-state index in [0.717, 1.165) is 31.4 Å². The minimum absolute atomic E-state index is 0.0187. The number of nitrogens with one attached hydrogen (secondary N) is 1. The molecule has 0 aliphatic heterocycles. The molecular weight excluding hydrogens is 272 g/mol. The molecule has 2 rings (SSSR count). The predicted octanol–water partition coefficient (Wildman–Crippen LogP) is 1.32. The van der Waals surface area contributed by atoms with Gasteiger partial charge in [-0.3, -0.25) is 14.8 Å². The number of carboxylic acids is 1. The van der Waals surface area contributed by atoms with Crippen LogP contribution in [-0.2, 0) is 11.3 Å². The van der Waals surface area contributed by atoms with Crippen LogP contribution in [0.3, 0.4) is 0 Å². The van der Waals surface area contributed by atoms with Crippen LogP contribution in [0.2, 0.25) is 0 Å². The average Bonchev–Trinajstić information content (AvgIpc) is 2.97. The van der Waals surface area contributed by atoms with E-state index in [1.165, 1.54) is 4.90 Å². The summed E-state index contributed by atoms with van der Waals surface area (Å²) >= 11 is 0. The number of aliphatic carboxylic acids is 1. The third-order valence-corrected chi connectivity index (χ3v) is 3.59. The highest BCUT2D eigenvalue weighted by Gasteiger charge is 2.28. The topological polar surface area (TPSA) is 95.4 Å². The standard InChI is InChI=1S/C14H20N4O3/c1-10-6-16-11(7-15-10)8-17-14(21)18(9-13(19)20)12-4-2-3-5-12/h6-7,12H,2-5,8-9H2,1H3,(H,17,21)(H,19,20). The molecule has 7 nitrogen and oxygen atoms in total. The van der Waals surface area contributed by atoms with Gasteiger partial charge in [-0.1, -0.05) is 12.8 Å². The average molecular weight is 292 g/mol. The summed E-state index contributed by atoms with van der Waals surface area (Å²) in [6, 6.07) is -0.336. The van der Waals surface area contributed by atoms with Crippen LogP contribution >= 0.6 is 0 Å². The zero-order valence-corrected chi connectivity index (χ0v) is 12.1. The minimum Gasteiger partial charge on any atom is -0.480 e. The maximum absolute atomic E-state index is 12.2. The van der Waals surface area contributed by atoms with Crippen molar-refractivity contribution in [2.45, 2.75) is 45.2 Å². The number of urea groups is 1. The number of carbonyl (C=O) groups excluding carboxylic acids is 1. The van der Waals surface area contributed by atoms with Crippen LogP contribution < -0.4 is 5.32 Å². The molecule has 7 heteroatoms. The number of amides is 2. The second kappa shape index (κ2) is 7.01. The summed E-state index contributed by atoms with van der Waals surface area (Å²) in [6.07, 6.45) is 7.05. The van der Waals surface area contributed by atoms with Gasteiger partial charge in [-0.25, -0.2) is 4.79 Å². The van der Waals surface area contributed by atoms with Gasteiger partial charge in [0.05, 0.1) is 24.1 Å². The van der Waals surface area contributed by atoms with Gasteiger partial charge in [0, 0.05) is 12.2 Å². The van der Waals surface area contributed by atoms with Gasteiger partial charge in [-0.15, -0.1) is 0 Å². The highest BCUT2D eigenvalue weighted by molar-refractivity contribution is 5.80. The molecule has 1 aromatic rings. The lowest BCUT2D eigenvalue weighted by Crippen LogP contribution is -2.47. The summed E-state index contributed by atoms with van der Waals surface area (Å²) in [4.78, 5) is 32.8. The Morgan fingerprint density at radius 3 is 2.62 bits per heavy atom. The van der Waals surface area contributed by atoms with Gasteiger partial charge in [0.15, 0.2) is 0 Å². The van der Waals surface area contributed by atoms with Crippen LogP contribution in [0, 0.1) is 6.92 Å². The van der Waals surface area contributed by atoms with Crippen molar-refractivity contribution in [3.8, 4) is 0 Å². The third-order valence-electron chi connectivity index (χ3n) is 3.59. The van der Waals surface area contributed by atoms with E-state index in [9.17, 15) is 9.59 Å². The molecule has 0 bridgehead atoms. The number of carboxylic acid groups (broad SMARTS) is 1. The Kier molecular flexibility index (Phi) is 5.08. The molecule has 0 spiro atoms. The predicted molar refractivity (Wildman–Crippen MR) is 75.6 cm³/mol. The molecule has 0 unspecified atom stereocenters. The Morgan fingerprint density at radius 2 is 2.05 bits per heavy atom. The van der Waals surface area contributed by atoms with E-state index >= 15 is 0 Å². The second-order valence-electron chi connectivity index (χ2n) is 5.27. The van der Waals surface area contributed by atoms with Gasteiger partial charge in [0.25, 0.3) is 0 Å². The molecule has 0 aromatic carbocycles. The number of hydrogen-bond acceptors (Lipinski definition) is 4. The number of nitrogens with zero attached hydrogens (tertiary/aromatic N) is 3. The molecule has 2 N–H and O–H groups in total. The lowest BCUT2D eigenvalue weighted by molar-refractivity contribution is -0.138. The van der Waals surface area contributed by atoms with Crippen LogP contribution in [0.4, 0.5) is 4.79 Å². The molecule has 0 atom stereocenters. The minimum atomic E-state index is -0.993. The first-order chi connectivity index (χ1) is 10.1. The molecule has 1 aliphatic rings. The maximum atomic E-state index is 12.2. The van der Waals surface area contributed by atoms with Gasteiger partial charge in [0.2, 0.25) is 0 Å². The smallest absolute Gasteiger partial charge is 0.323 e. The molecule has 21 heavy (non-hydrogen) atoms. The Hall–Kier alpha value is -2.18. The Bertz CT molecular complexity index is 497. The highest BCUT2D eigenvalue weighted by Crippen LogP contribution is 2.23. The normalized spacial score (nSPS) is 14.9. The zero-order chi connectivity index (χ0) is 15.2. The van der Waals surface area contributed by atoms with Crippen LogP contribution in [0.25, 0.3) is 0 Å². The van der Waals surface area contributed by atoms with E-state index in [1.807, 2.05) is 6.92 Å². The fraction of sp³-hybridized carbons (Fsp3) is 0.571. The van der Waals surface area contributed by atoms with Crippen molar-refractivity contribution in [3.05, 3.63) is 23.8 Å². The quantitative estimate of drug-likeness (QED) is 0.853. The van der Waals surface area contributed by atoms with Crippen LogP contribution in [0.15, 0.2) is 12.4 Å². The molecule has 1 saturated carbocycles. The van der Waals surface area contributed by atoms with Gasteiger partial charge >= 0.3 is 12.0 Å². The number of rotatable bonds is 5. The summed E-state index contributed by atoms with van der Waals surface area (Å²) < 4.78 is 0. The van der Waals surface area contributed by atoms with Gasteiger partial charge < -0.3 is 15.3 Å². The summed E-state index contributed by atoms with van der Waals surface area (Å²) in [7, 11) is 0. The number of aromatic nitrogens is 2. The molecule has 1 aliphatic carbocycles. The molecule has 0 radical (unpaired) electrons.